The van der Waals surface area contributed by atoms with Crippen LogP contribution < -0.4 is 0 Å². The molecular weight excluding hydrogens is 300 g/mol. The van der Waals surface area contributed by atoms with Gasteiger partial charge in [-0.05, 0) is 19.9 Å². The average Bonchev–Trinajstić information content (AvgIpc) is 2.48. The number of hydrogen-bond acceptors (Lipinski definition) is 4. The van der Waals surface area contributed by atoms with Crippen LogP contribution in [0.4, 0.5) is 4.79 Å². The minimum absolute atomic E-state index is 0.106. The molecule has 7 heteroatoms. The van der Waals surface area contributed by atoms with Gasteiger partial charge in [-0.3, -0.25) is 4.90 Å². The zero-order chi connectivity index (χ0) is 13.3. The molecule has 0 saturated carbocycles. The van der Waals surface area contributed by atoms with E-state index in [1.807, 2.05) is 0 Å². The summed E-state index contributed by atoms with van der Waals surface area (Å²) in [4.78, 5) is 13.8. The third kappa shape index (κ3) is 3.56. The van der Waals surface area contributed by atoms with Gasteiger partial charge in [0.1, 0.15) is 12.7 Å². The minimum Gasteiger partial charge on any atom is -0.430 e. The molecule has 104 valence electrons. The van der Waals surface area contributed by atoms with Crippen LogP contribution in [0.5, 0.6) is 0 Å². The highest BCUT2D eigenvalue weighted by atomic mass is 35.6. The monoisotopic (exact) mass is 315 g/mol. The Balaban J connectivity index is 1.81. The molecule has 0 aromatic carbocycles. The smallest absolute Gasteiger partial charge is 0.430 e. The summed E-state index contributed by atoms with van der Waals surface area (Å²) >= 11 is 16.5. The molecule has 0 unspecified atom stereocenters. The summed E-state index contributed by atoms with van der Waals surface area (Å²) in [5.74, 6) is 0. The summed E-state index contributed by atoms with van der Waals surface area (Å²) in [5.41, 5.74) is 0. The minimum atomic E-state index is -1.60. The lowest BCUT2D eigenvalue weighted by atomic mass is 10.0. The van der Waals surface area contributed by atoms with Crippen molar-refractivity contribution in [3.05, 3.63) is 0 Å². The lowest BCUT2D eigenvalue weighted by molar-refractivity contribution is 0.0108. The Morgan fingerprint density at radius 3 is 2.72 bits per heavy atom. The Kier molecular flexibility index (Phi) is 4.52. The van der Waals surface area contributed by atoms with Crippen molar-refractivity contribution in [3.8, 4) is 0 Å². The van der Waals surface area contributed by atoms with Gasteiger partial charge in [0.25, 0.3) is 0 Å². The van der Waals surface area contributed by atoms with E-state index in [9.17, 15) is 4.79 Å². The maximum atomic E-state index is 11.5. The van der Waals surface area contributed by atoms with Crippen LogP contribution in [-0.2, 0) is 9.47 Å². The molecule has 0 N–H and O–H groups in total. The third-order valence-electron chi connectivity index (χ3n) is 3.67. The molecule has 0 amide bonds. The van der Waals surface area contributed by atoms with Gasteiger partial charge < -0.3 is 9.47 Å². The van der Waals surface area contributed by atoms with Crippen molar-refractivity contribution >= 4 is 41.0 Å². The lowest BCUT2D eigenvalue weighted by Gasteiger charge is -2.31. The van der Waals surface area contributed by atoms with E-state index in [1.165, 1.54) is 6.42 Å². The first kappa shape index (κ1) is 14.5. The topological polar surface area (TPSA) is 38.8 Å². The Morgan fingerprint density at radius 1 is 1.39 bits per heavy atom. The van der Waals surface area contributed by atoms with Gasteiger partial charge in [0.05, 0.1) is 0 Å². The summed E-state index contributed by atoms with van der Waals surface area (Å²) in [7, 11) is 2.07. The molecule has 0 aromatic heterocycles. The van der Waals surface area contributed by atoms with Gasteiger partial charge >= 0.3 is 6.16 Å². The fourth-order valence-corrected chi connectivity index (χ4v) is 2.99. The number of rotatable bonds is 2. The Morgan fingerprint density at radius 2 is 2.11 bits per heavy atom. The number of nitrogens with zero attached hydrogens (tertiary/aromatic N) is 1. The Bertz CT molecular complexity index is 321. The van der Waals surface area contributed by atoms with Crippen molar-refractivity contribution < 1.29 is 14.3 Å². The predicted octanol–water partition coefficient (Wildman–Crippen LogP) is 3.14. The molecule has 2 aliphatic rings. The molecule has 2 rings (SSSR count). The number of alkyl halides is 3. The highest BCUT2D eigenvalue weighted by Crippen LogP contribution is 2.36. The summed E-state index contributed by atoms with van der Waals surface area (Å²) in [6.45, 7) is -0.298. The molecule has 0 spiro atoms. The van der Waals surface area contributed by atoms with Crippen LogP contribution in [0.15, 0.2) is 0 Å². The summed E-state index contributed by atoms with van der Waals surface area (Å²) in [6.07, 6.45) is 3.40. The number of likely N-dealkylation sites (N-methyl/N-ethyl adjacent to an activating group) is 1. The molecule has 2 heterocycles. The summed E-state index contributed by atoms with van der Waals surface area (Å²) < 4.78 is 8.49. The number of ether oxygens (including phenoxy) is 2. The molecule has 2 fully saturated rings. The van der Waals surface area contributed by atoms with Crippen molar-refractivity contribution in [1.82, 2.24) is 4.90 Å². The molecule has 2 bridgehead atoms. The first-order valence-electron chi connectivity index (χ1n) is 5.99. The maximum absolute atomic E-state index is 11.5. The molecule has 0 aromatic rings. The van der Waals surface area contributed by atoms with Crippen molar-refractivity contribution in [1.29, 1.82) is 0 Å². The Labute approximate surface area is 121 Å². The van der Waals surface area contributed by atoms with Crippen molar-refractivity contribution in [3.63, 3.8) is 0 Å². The molecule has 0 aliphatic carbocycles. The molecular formula is C11H16Cl3NO3. The molecule has 4 nitrogen and oxygen atoms in total. The molecule has 2 aliphatic heterocycles. The van der Waals surface area contributed by atoms with Gasteiger partial charge in [-0.2, -0.15) is 0 Å². The highest BCUT2D eigenvalue weighted by Gasteiger charge is 2.43. The lowest BCUT2D eigenvalue weighted by Crippen LogP contribution is -2.40. The van der Waals surface area contributed by atoms with Crippen LogP contribution >= 0.6 is 34.8 Å². The van der Waals surface area contributed by atoms with Crippen LogP contribution in [0.1, 0.15) is 25.7 Å². The summed E-state index contributed by atoms with van der Waals surface area (Å²) in [5, 5.41) is 0. The molecule has 3 atom stereocenters. The number of hydrogen-bond donors (Lipinski definition) is 0. The summed E-state index contributed by atoms with van der Waals surface area (Å²) in [6, 6.07) is 0.804. The van der Waals surface area contributed by atoms with Crippen LogP contribution in [0.2, 0.25) is 0 Å². The van der Waals surface area contributed by atoms with Crippen LogP contribution in [0.25, 0.3) is 0 Å². The molecule has 18 heavy (non-hydrogen) atoms. The third-order valence-corrected chi connectivity index (χ3v) is 4.00. The fourth-order valence-electron chi connectivity index (χ4n) is 2.82. The number of piperidine rings is 1. The van der Waals surface area contributed by atoms with E-state index in [4.69, 9.17) is 44.3 Å². The second-order valence-corrected chi connectivity index (χ2v) is 7.38. The second-order valence-electron chi connectivity index (χ2n) is 4.86. The Hall–Kier alpha value is 0.1000. The van der Waals surface area contributed by atoms with Crippen molar-refractivity contribution in [2.24, 2.45) is 0 Å². The van der Waals surface area contributed by atoms with E-state index in [2.05, 4.69) is 11.9 Å². The number of halogens is 3. The number of carbonyl (C=O) groups excluding carboxylic acids is 1. The quantitative estimate of drug-likeness (QED) is 0.579. The van der Waals surface area contributed by atoms with E-state index >= 15 is 0 Å². The second kappa shape index (κ2) is 5.61. The van der Waals surface area contributed by atoms with Crippen LogP contribution in [0, 0.1) is 0 Å². The van der Waals surface area contributed by atoms with Crippen molar-refractivity contribution in [2.75, 3.05) is 13.7 Å². The molecule has 0 radical (unpaired) electrons. The first-order valence-corrected chi connectivity index (χ1v) is 7.12. The van der Waals surface area contributed by atoms with Crippen LogP contribution in [-0.4, -0.2) is 46.7 Å². The van der Waals surface area contributed by atoms with Crippen LogP contribution in [0.3, 0.4) is 0 Å². The molecule has 2 saturated heterocycles. The van der Waals surface area contributed by atoms with E-state index in [-0.39, 0.29) is 12.7 Å². The van der Waals surface area contributed by atoms with Gasteiger partial charge in [0, 0.05) is 18.5 Å². The van der Waals surface area contributed by atoms with E-state index in [0.717, 1.165) is 19.3 Å². The largest absolute Gasteiger partial charge is 0.508 e. The van der Waals surface area contributed by atoms with Gasteiger partial charge in [-0.25, -0.2) is 4.79 Å². The zero-order valence-electron chi connectivity index (χ0n) is 10.1. The normalized spacial score (nSPS) is 32.3. The standard InChI is InChI=1S/C11H16Cl3NO3/c1-15-7-3-2-4-8(15)9(5-7)18-10(16)17-6-11(12,13)14/h7-9H,2-6H2,1H3/t7-,8+,9-/m0/s1. The maximum Gasteiger partial charge on any atom is 0.508 e. The van der Waals surface area contributed by atoms with E-state index in [0.29, 0.717) is 12.1 Å². The zero-order valence-corrected chi connectivity index (χ0v) is 12.3. The van der Waals surface area contributed by atoms with Gasteiger partial charge in [-0.1, -0.05) is 41.2 Å². The van der Waals surface area contributed by atoms with Crippen molar-refractivity contribution in [2.45, 2.75) is 47.7 Å². The fraction of sp³-hybridized carbons (Fsp3) is 0.909. The first-order chi connectivity index (χ1) is 8.37. The SMILES string of the molecule is CN1[C@H]2CCC[C@@H]1[C@@H](OC(=O)OCC(Cl)(Cl)Cl)C2. The van der Waals surface area contributed by atoms with E-state index < -0.39 is 9.95 Å². The van der Waals surface area contributed by atoms with Gasteiger partial charge in [-0.15, -0.1) is 0 Å². The highest BCUT2D eigenvalue weighted by molar-refractivity contribution is 6.67. The number of carbonyl (C=O) groups is 1. The van der Waals surface area contributed by atoms with Gasteiger partial charge in [0.2, 0.25) is 3.79 Å². The predicted molar refractivity (Wildman–Crippen MR) is 70.3 cm³/mol. The van der Waals surface area contributed by atoms with E-state index in [1.54, 1.807) is 0 Å². The number of fused-ring (bicyclic) bond motifs is 2. The average molecular weight is 317 g/mol. The van der Waals surface area contributed by atoms with Gasteiger partial charge in [0.15, 0.2) is 0 Å².